The Bertz CT molecular complexity index is 586. The maximum Gasteiger partial charge on any atom is 0.322 e. The van der Waals surface area contributed by atoms with Gasteiger partial charge in [-0.05, 0) is 40.0 Å². The first kappa shape index (κ1) is 16.6. The monoisotopic (exact) mass is 413 g/mol. The molecule has 106 valence electrons. The second-order valence-electron chi connectivity index (χ2n) is 4.26. The van der Waals surface area contributed by atoms with Crippen molar-refractivity contribution in [2.75, 3.05) is 0 Å². The third-order valence-electron chi connectivity index (χ3n) is 2.40. The van der Waals surface area contributed by atoms with Gasteiger partial charge in [-0.1, -0.05) is 29.8 Å². The Hall–Kier alpha value is -0.440. The highest BCUT2D eigenvalue weighted by molar-refractivity contribution is 9.11. The Morgan fingerprint density at radius 1 is 1.32 bits per heavy atom. The van der Waals surface area contributed by atoms with Crippen LogP contribution < -0.4 is 4.72 Å². The van der Waals surface area contributed by atoms with Gasteiger partial charge in [0.05, 0.1) is 4.90 Å². The number of nitrogens with one attached hydrogen (secondary N) is 1. The van der Waals surface area contributed by atoms with Crippen LogP contribution in [0.3, 0.4) is 0 Å². The van der Waals surface area contributed by atoms with Gasteiger partial charge in [-0.3, -0.25) is 4.79 Å². The average Bonchev–Trinajstić information content (AvgIpc) is 2.28. The van der Waals surface area contributed by atoms with Crippen molar-refractivity contribution < 1.29 is 18.3 Å². The summed E-state index contributed by atoms with van der Waals surface area (Å²) in [6, 6.07) is 3.49. The van der Waals surface area contributed by atoms with Crippen LogP contribution in [0.5, 0.6) is 0 Å². The molecule has 1 aromatic carbocycles. The highest BCUT2D eigenvalue weighted by Crippen LogP contribution is 2.26. The summed E-state index contributed by atoms with van der Waals surface area (Å²) in [5, 5.41) is 9.03. The molecule has 0 saturated heterocycles. The van der Waals surface area contributed by atoms with E-state index in [9.17, 15) is 13.2 Å². The van der Waals surface area contributed by atoms with E-state index < -0.39 is 22.0 Å². The minimum atomic E-state index is -3.91. The Labute approximate surface area is 128 Å². The molecular formula is C11H13Br2NO4S. The number of carboxylic acid groups (broad SMARTS) is 1. The highest BCUT2D eigenvalue weighted by Gasteiger charge is 2.29. The second-order valence-corrected chi connectivity index (χ2v) is 7.71. The van der Waals surface area contributed by atoms with Gasteiger partial charge in [0.1, 0.15) is 6.04 Å². The molecule has 1 aromatic rings. The van der Waals surface area contributed by atoms with Crippen LogP contribution in [0, 0.1) is 5.92 Å². The highest BCUT2D eigenvalue weighted by atomic mass is 79.9. The molecule has 0 heterocycles. The van der Waals surface area contributed by atoms with Crippen molar-refractivity contribution in [3.05, 3.63) is 27.1 Å². The summed E-state index contributed by atoms with van der Waals surface area (Å²) in [6.45, 7) is 3.27. The molecule has 0 spiro atoms. The van der Waals surface area contributed by atoms with Crippen molar-refractivity contribution >= 4 is 47.9 Å². The van der Waals surface area contributed by atoms with Crippen LogP contribution in [-0.4, -0.2) is 25.5 Å². The standard InChI is InChI=1S/C11H13Br2NO4S/c1-6(2)10(11(15)16)14-19(17,18)9-5-7(12)3-4-8(9)13/h3-6,10,14H,1-2H3,(H,15,16). The number of benzene rings is 1. The third-order valence-corrected chi connectivity index (χ3v) is 5.33. The number of aliphatic carboxylic acids is 1. The number of hydrogen-bond acceptors (Lipinski definition) is 3. The Kier molecular flexibility index (Phi) is 5.54. The molecule has 0 aromatic heterocycles. The molecule has 0 aliphatic carbocycles. The van der Waals surface area contributed by atoms with Gasteiger partial charge < -0.3 is 5.11 Å². The van der Waals surface area contributed by atoms with Gasteiger partial charge in [-0.2, -0.15) is 4.72 Å². The van der Waals surface area contributed by atoms with E-state index in [4.69, 9.17) is 5.11 Å². The molecule has 0 saturated carbocycles. The number of halogens is 2. The first-order valence-electron chi connectivity index (χ1n) is 5.35. The fourth-order valence-corrected chi connectivity index (χ4v) is 4.23. The summed E-state index contributed by atoms with van der Waals surface area (Å²) in [4.78, 5) is 11.0. The first-order chi connectivity index (χ1) is 8.65. The van der Waals surface area contributed by atoms with Crippen molar-refractivity contribution in [2.45, 2.75) is 24.8 Å². The molecule has 0 fully saturated rings. The van der Waals surface area contributed by atoms with E-state index in [1.807, 2.05) is 0 Å². The number of sulfonamides is 1. The number of hydrogen-bond donors (Lipinski definition) is 2. The molecule has 0 aliphatic heterocycles. The summed E-state index contributed by atoms with van der Waals surface area (Å²) < 4.78 is 27.6. The Morgan fingerprint density at radius 3 is 2.37 bits per heavy atom. The van der Waals surface area contributed by atoms with Gasteiger partial charge in [-0.25, -0.2) is 8.42 Å². The van der Waals surface area contributed by atoms with Crippen molar-refractivity contribution in [1.82, 2.24) is 4.72 Å². The normalized spacial score (nSPS) is 13.5. The molecule has 0 aliphatic rings. The molecular weight excluding hydrogens is 402 g/mol. The minimum absolute atomic E-state index is 0.00576. The molecule has 1 rings (SSSR count). The van der Waals surface area contributed by atoms with Crippen molar-refractivity contribution in [3.8, 4) is 0 Å². The van der Waals surface area contributed by atoms with E-state index in [1.165, 1.54) is 6.07 Å². The zero-order chi connectivity index (χ0) is 14.8. The van der Waals surface area contributed by atoms with E-state index in [-0.39, 0.29) is 10.8 Å². The van der Waals surface area contributed by atoms with Crippen LogP contribution in [0.25, 0.3) is 0 Å². The number of rotatable bonds is 5. The van der Waals surface area contributed by atoms with Crippen LogP contribution in [0.15, 0.2) is 32.0 Å². The van der Waals surface area contributed by atoms with E-state index in [0.29, 0.717) is 8.95 Å². The predicted molar refractivity (Wildman–Crippen MR) is 78.4 cm³/mol. The van der Waals surface area contributed by atoms with Crippen LogP contribution >= 0.6 is 31.9 Å². The molecule has 0 amide bonds. The van der Waals surface area contributed by atoms with E-state index >= 15 is 0 Å². The topological polar surface area (TPSA) is 83.5 Å². The summed E-state index contributed by atoms with van der Waals surface area (Å²) in [5.74, 6) is -1.57. The third kappa shape index (κ3) is 4.27. The second kappa shape index (κ2) is 6.34. The zero-order valence-corrected chi connectivity index (χ0v) is 14.2. The fraction of sp³-hybridized carbons (Fsp3) is 0.364. The largest absolute Gasteiger partial charge is 0.480 e. The molecule has 2 N–H and O–H groups in total. The van der Waals surface area contributed by atoms with Crippen molar-refractivity contribution in [3.63, 3.8) is 0 Å². The lowest BCUT2D eigenvalue weighted by molar-refractivity contribution is -0.140. The van der Waals surface area contributed by atoms with Gasteiger partial charge in [0.25, 0.3) is 0 Å². The smallest absolute Gasteiger partial charge is 0.322 e. The van der Waals surface area contributed by atoms with Gasteiger partial charge in [0.2, 0.25) is 10.0 Å². The molecule has 5 nitrogen and oxygen atoms in total. The van der Waals surface area contributed by atoms with Gasteiger partial charge in [0.15, 0.2) is 0 Å². The molecule has 19 heavy (non-hydrogen) atoms. The minimum Gasteiger partial charge on any atom is -0.480 e. The van der Waals surface area contributed by atoms with E-state index in [2.05, 4.69) is 36.6 Å². The molecule has 0 radical (unpaired) electrons. The average molecular weight is 415 g/mol. The van der Waals surface area contributed by atoms with Gasteiger partial charge in [0, 0.05) is 8.95 Å². The number of carbonyl (C=O) groups is 1. The zero-order valence-electron chi connectivity index (χ0n) is 10.2. The van der Waals surface area contributed by atoms with E-state index in [0.717, 1.165) is 0 Å². The van der Waals surface area contributed by atoms with Crippen LogP contribution in [0.2, 0.25) is 0 Å². The lowest BCUT2D eigenvalue weighted by Gasteiger charge is -2.18. The van der Waals surface area contributed by atoms with Crippen LogP contribution in [0.1, 0.15) is 13.8 Å². The number of carboxylic acids is 1. The summed E-state index contributed by atoms with van der Waals surface area (Å²) in [7, 11) is -3.91. The fourth-order valence-electron chi connectivity index (χ4n) is 1.39. The molecule has 0 bridgehead atoms. The van der Waals surface area contributed by atoms with Gasteiger partial charge in [-0.15, -0.1) is 0 Å². The lowest BCUT2D eigenvalue weighted by atomic mass is 10.1. The van der Waals surface area contributed by atoms with Crippen LogP contribution in [-0.2, 0) is 14.8 Å². The van der Waals surface area contributed by atoms with E-state index in [1.54, 1.807) is 26.0 Å². The SMILES string of the molecule is CC(C)C(NS(=O)(=O)c1cc(Br)ccc1Br)C(=O)O. The molecule has 8 heteroatoms. The maximum absolute atomic E-state index is 12.2. The molecule has 1 unspecified atom stereocenters. The van der Waals surface area contributed by atoms with Crippen LogP contribution in [0.4, 0.5) is 0 Å². The summed E-state index contributed by atoms with van der Waals surface area (Å²) in [5.41, 5.74) is 0. The summed E-state index contributed by atoms with van der Waals surface area (Å²) >= 11 is 6.33. The van der Waals surface area contributed by atoms with Gasteiger partial charge >= 0.3 is 5.97 Å². The lowest BCUT2D eigenvalue weighted by Crippen LogP contribution is -2.44. The predicted octanol–water partition coefficient (Wildman–Crippen LogP) is 2.60. The maximum atomic E-state index is 12.2. The van der Waals surface area contributed by atoms with Crippen molar-refractivity contribution in [1.29, 1.82) is 0 Å². The first-order valence-corrected chi connectivity index (χ1v) is 8.42. The Balaban J connectivity index is 3.17. The quantitative estimate of drug-likeness (QED) is 0.775. The Morgan fingerprint density at radius 2 is 1.89 bits per heavy atom. The summed E-state index contributed by atoms with van der Waals surface area (Å²) in [6.07, 6.45) is 0. The molecule has 1 atom stereocenters. The van der Waals surface area contributed by atoms with Crippen molar-refractivity contribution in [2.24, 2.45) is 5.92 Å².